The summed E-state index contributed by atoms with van der Waals surface area (Å²) in [6.07, 6.45) is 11.3. The monoisotopic (exact) mass is 271 g/mol. The van der Waals surface area contributed by atoms with E-state index in [0.29, 0.717) is 6.42 Å². The van der Waals surface area contributed by atoms with Gasteiger partial charge < -0.3 is 10.4 Å². The predicted molar refractivity (Wildman–Crippen MR) is 81.6 cm³/mol. The molecule has 19 heavy (non-hydrogen) atoms. The highest BCUT2D eigenvalue weighted by Gasteiger charge is 2.06. The molecule has 3 heteroatoms. The van der Waals surface area contributed by atoms with Crippen molar-refractivity contribution in [3.63, 3.8) is 0 Å². The van der Waals surface area contributed by atoms with Gasteiger partial charge >= 0.3 is 5.97 Å². The third-order valence-corrected chi connectivity index (χ3v) is 3.22. The maximum atomic E-state index is 10.3. The zero-order chi connectivity index (χ0) is 14.6. The van der Waals surface area contributed by atoms with Gasteiger partial charge in [0.25, 0.3) is 0 Å². The lowest BCUT2D eigenvalue weighted by molar-refractivity contribution is -0.137. The second kappa shape index (κ2) is 11.3. The summed E-state index contributed by atoms with van der Waals surface area (Å²) in [6.45, 7) is 7.74. The molecule has 0 saturated heterocycles. The summed E-state index contributed by atoms with van der Waals surface area (Å²) in [4.78, 5) is 10.3. The normalized spacial score (nSPS) is 11.7. The van der Waals surface area contributed by atoms with E-state index in [1.807, 2.05) is 0 Å². The third-order valence-electron chi connectivity index (χ3n) is 3.22. The summed E-state index contributed by atoms with van der Waals surface area (Å²) in [5, 5.41) is 12.0. The van der Waals surface area contributed by atoms with Crippen LogP contribution in [-0.2, 0) is 4.79 Å². The van der Waals surface area contributed by atoms with Crippen molar-refractivity contribution < 1.29 is 9.90 Å². The highest BCUT2D eigenvalue weighted by molar-refractivity contribution is 5.66. The van der Waals surface area contributed by atoms with Crippen molar-refractivity contribution in [2.45, 2.75) is 90.5 Å². The van der Waals surface area contributed by atoms with Gasteiger partial charge in [-0.1, -0.05) is 44.9 Å². The molecule has 0 aliphatic rings. The number of aliphatic carboxylic acids is 1. The van der Waals surface area contributed by atoms with Crippen molar-refractivity contribution >= 4 is 5.97 Å². The Morgan fingerprint density at radius 3 is 1.68 bits per heavy atom. The van der Waals surface area contributed by atoms with E-state index >= 15 is 0 Å². The Morgan fingerprint density at radius 1 is 0.842 bits per heavy atom. The van der Waals surface area contributed by atoms with Crippen LogP contribution in [0, 0.1) is 0 Å². The minimum Gasteiger partial charge on any atom is -0.481 e. The molecule has 3 nitrogen and oxygen atoms in total. The molecule has 2 N–H and O–H groups in total. The van der Waals surface area contributed by atoms with Gasteiger partial charge in [0.05, 0.1) is 0 Å². The Hall–Kier alpha value is -0.570. The second-order valence-corrected chi connectivity index (χ2v) is 6.50. The van der Waals surface area contributed by atoms with Crippen molar-refractivity contribution in [2.24, 2.45) is 0 Å². The van der Waals surface area contributed by atoms with Crippen LogP contribution in [0.15, 0.2) is 0 Å². The average molecular weight is 271 g/mol. The quantitative estimate of drug-likeness (QED) is 0.518. The summed E-state index contributed by atoms with van der Waals surface area (Å²) in [5.74, 6) is -0.663. The van der Waals surface area contributed by atoms with Crippen LogP contribution >= 0.6 is 0 Å². The van der Waals surface area contributed by atoms with Crippen molar-refractivity contribution in [2.75, 3.05) is 6.54 Å². The fourth-order valence-electron chi connectivity index (χ4n) is 2.10. The van der Waals surface area contributed by atoms with Crippen LogP contribution in [0.5, 0.6) is 0 Å². The van der Waals surface area contributed by atoms with Gasteiger partial charge in [-0.25, -0.2) is 0 Å². The third kappa shape index (κ3) is 17.4. The molecule has 0 atom stereocenters. The Balaban J connectivity index is 3.05. The molecular weight excluding hydrogens is 238 g/mol. The number of hydrogen-bond acceptors (Lipinski definition) is 2. The van der Waals surface area contributed by atoms with Crippen LogP contribution in [0.3, 0.4) is 0 Å². The molecule has 0 radical (unpaired) electrons. The van der Waals surface area contributed by atoms with Crippen LogP contribution < -0.4 is 5.32 Å². The van der Waals surface area contributed by atoms with E-state index in [-0.39, 0.29) is 5.54 Å². The first kappa shape index (κ1) is 18.4. The van der Waals surface area contributed by atoms with Gasteiger partial charge in [-0.15, -0.1) is 0 Å². The maximum absolute atomic E-state index is 10.3. The zero-order valence-corrected chi connectivity index (χ0v) is 13.1. The number of carboxylic acids is 1. The SMILES string of the molecule is CC(C)(C)NCCCCCCCCCCCC(=O)O. The van der Waals surface area contributed by atoms with Crippen molar-refractivity contribution in [3.8, 4) is 0 Å². The largest absolute Gasteiger partial charge is 0.481 e. The number of rotatable bonds is 12. The molecule has 0 bridgehead atoms. The molecule has 0 fully saturated rings. The zero-order valence-electron chi connectivity index (χ0n) is 13.1. The summed E-state index contributed by atoms with van der Waals surface area (Å²) in [7, 11) is 0. The number of unbranched alkanes of at least 4 members (excludes halogenated alkanes) is 8. The van der Waals surface area contributed by atoms with Gasteiger partial charge in [0.1, 0.15) is 0 Å². The predicted octanol–water partition coefficient (Wildman–Crippen LogP) is 4.36. The van der Waals surface area contributed by atoms with E-state index in [1.54, 1.807) is 0 Å². The van der Waals surface area contributed by atoms with Gasteiger partial charge in [-0.05, 0) is 40.2 Å². The summed E-state index contributed by atoms with van der Waals surface area (Å²) < 4.78 is 0. The van der Waals surface area contributed by atoms with Crippen LogP contribution in [0.4, 0.5) is 0 Å². The summed E-state index contributed by atoms with van der Waals surface area (Å²) in [6, 6.07) is 0. The van der Waals surface area contributed by atoms with E-state index in [9.17, 15) is 4.79 Å². The van der Waals surface area contributed by atoms with Gasteiger partial charge in [0.15, 0.2) is 0 Å². The Labute approximate surface area is 119 Å². The minimum absolute atomic E-state index is 0.246. The fraction of sp³-hybridized carbons (Fsp3) is 0.938. The second-order valence-electron chi connectivity index (χ2n) is 6.50. The van der Waals surface area contributed by atoms with E-state index in [1.165, 1.54) is 44.9 Å². The van der Waals surface area contributed by atoms with E-state index in [0.717, 1.165) is 19.4 Å². The van der Waals surface area contributed by atoms with E-state index < -0.39 is 5.97 Å². The Morgan fingerprint density at radius 2 is 1.26 bits per heavy atom. The number of carbonyl (C=O) groups is 1. The molecule has 114 valence electrons. The number of carboxylic acid groups (broad SMARTS) is 1. The summed E-state index contributed by atoms with van der Waals surface area (Å²) in [5.41, 5.74) is 0.246. The molecule has 0 aliphatic heterocycles. The first-order valence-electron chi connectivity index (χ1n) is 7.88. The van der Waals surface area contributed by atoms with Gasteiger partial charge in [0.2, 0.25) is 0 Å². The highest BCUT2D eigenvalue weighted by atomic mass is 16.4. The number of hydrogen-bond donors (Lipinski definition) is 2. The van der Waals surface area contributed by atoms with Crippen molar-refractivity contribution in [1.82, 2.24) is 5.32 Å². The molecule has 0 amide bonds. The van der Waals surface area contributed by atoms with Crippen LogP contribution in [-0.4, -0.2) is 23.2 Å². The highest BCUT2D eigenvalue weighted by Crippen LogP contribution is 2.10. The van der Waals surface area contributed by atoms with Crippen molar-refractivity contribution in [3.05, 3.63) is 0 Å². The minimum atomic E-state index is -0.663. The first-order valence-corrected chi connectivity index (χ1v) is 7.88. The first-order chi connectivity index (χ1) is 8.92. The van der Waals surface area contributed by atoms with E-state index in [4.69, 9.17) is 5.11 Å². The molecule has 0 aromatic rings. The van der Waals surface area contributed by atoms with Crippen molar-refractivity contribution in [1.29, 1.82) is 0 Å². The van der Waals surface area contributed by atoms with Crippen LogP contribution in [0.2, 0.25) is 0 Å². The molecule has 0 aromatic heterocycles. The van der Waals surface area contributed by atoms with Gasteiger partial charge in [-0.3, -0.25) is 4.79 Å². The molecule has 0 aromatic carbocycles. The van der Waals surface area contributed by atoms with E-state index in [2.05, 4.69) is 26.1 Å². The van der Waals surface area contributed by atoms with Gasteiger partial charge in [0, 0.05) is 12.0 Å². The number of nitrogens with one attached hydrogen (secondary N) is 1. The maximum Gasteiger partial charge on any atom is 0.303 e. The summed E-state index contributed by atoms with van der Waals surface area (Å²) >= 11 is 0. The lowest BCUT2D eigenvalue weighted by atomic mass is 10.1. The molecule has 0 unspecified atom stereocenters. The smallest absolute Gasteiger partial charge is 0.303 e. The molecular formula is C16H33NO2. The lowest BCUT2D eigenvalue weighted by Crippen LogP contribution is -2.36. The van der Waals surface area contributed by atoms with Crippen LogP contribution in [0.1, 0.15) is 85.0 Å². The molecule has 0 aliphatic carbocycles. The molecule has 0 spiro atoms. The average Bonchev–Trinajstić information content (AvgIpc) is 2.28. The van der Waals surface area contributed by atoms with Gasteiger partial charge in [-0.2, -0.15) is 0 Å². The molecule has 0 heterocycles. The Bertz CT molecular complexity index is 221. The molecule has 0 rings (SSSR count). The topological polar surface area (TPSA) is 49.3 Å². The molecule has 0 saturated carbocycles. The fourth-order valence-corrected chi connectivity index (χ4v) is 2.10. The standard InChI is InChI=1S/C16H33NO2/c1-16(2,3)17-14-12-10-8-6-4-5-7-9-11-13-15(18)19/h17H,4-14H2,1-3H3,(H,18,19). The Kier molecular flexibility index (Phi) is 10.9. The van der Waals surface area contributed by atoms with Crippen LogP contribution in [0.25, 0.3) is 0 Å². The lowest BCUT2D eigenvalue weighted by Gasteiger charge is -2.20.